The van der Waals surface area contributed by atoms with Crippen molar-refractivity contribution in [3.05, 3.63) is 67.5 Å². The zero-order valence-corrected chi connectivity index (χ0v) is 19.6. The van der Waals surface area contributed by atoms with Gasteiger partial charge in [-0.1, -0.05) is 24.8 Å². The van der Waals surface area contributed by atoms with Crippen LogP contribution in [0.5, 0.6) is 11.5 Å². The minimum Gasteiger partial charge on any atom is -0.493 e. The number of para-hydroxylation sites is 1. The number of benzene rings is 2. The second kappa shape index (κ2) is 8.75. The van der Waals surface area contributed by atoms with E-state index in [1.165, 1.54) is 12.4 Å². The van der Waals surface area contributed by atoms with Crippen LogP contribution in [-0.2, 0) is 10.3 Å². The molecule has 2 aromatic carbocycles. The first-order valence-electron chi connectivity index (χ1n) is 11.2. The molecule has 2 N–H and O–H groups in total. The maximum Gasteiger partial charge on any atom is 0.250 e. The van der Waals surface area contributed by atoms with Crippen molar-refractivity contribution in [3.63, 3.8) is 0 Å². The number of hydrogen-bond donors (Lipinski definition) is 1. The highest BCUT2D eigenvalue weighted by Crippen LogP contribution is 2.48. The smallest absolute Gasteiger partial charge is 0.250 e. The van der Waals surface area contributed by atoms with Crippen LogP contribution in [0.4, 0.5) is 11.5 Å². The van der Waals surface area contributed by atoms with Crippen molar-refractivity contribution in [2.75, 3.05) is 31.4 Å². The lowest BCUT2D eigenvalue weighted by molar-refractivity contribution is -0.114. The number of rotatable bonds is 8. The Hall–Kier alpha value is -4.40. The van der Waals surface area contributed by atoms with Crippen molar-refractivity contribution in [1.82, 2.24) is 19.7 Å². The van der Waals surface area contributed by atoms with Gasteiger partial charge in [0.25, 0.3) is 0 Å². The summed E-state index contributed by atoms with van der Waals surface area (Å²) in [7, 11) is 3.18. The minimum atomic E-state index is -0.428. The summed E-state index contributed by atoms with van der Waals surface area (Å²) in [5, 5.41) is 5.65. The van der Waals surface area contributed by atoms with Crippen LogP contribution in [0.25, 0.3) is 22.3 Å². The molecule has 1 amide bonds. The Bertz CT molecular complexity index is 1410. The molecule has 178 valence electrons. The lowest BCUT2D eigenvalue weighted by Gasteiger charge is -2.27. The summed E-state index contributed by atoms with van der Waals surface area (Å²) in [4.78, 5) is 23.3. The van der Waals surface area contributed by atoms with Crippen LogP contribution in [0.15, 0.2) is 67.5 Å². The topological polar surface area (TPSA) is 108 Å². The lowest BCUT2D eigenvalue weighted by Crippen LogP contribution is -2.39. The van der Waals surface area contributed by atoms with Gasteiger partial charge in [0.15, 0.2) is 17.1 Å². The molecule has 35 heavy (non-hydrogen) atoms. The summed E-state index contributed by atoms with van der Waals surface area (Å²) in [5.74, 6) is 1.36. The molecule has 1 aliphatic carbocycles. The molecule has 0 atom stereocenters. The first-order valence-corrected chi connectivity index (χ1v) is 11.2. The van der Waals surface area contributed by atoms with Crippen molar-refractivity contribution in [2.45, 2.75) is 18.4 Å². The van der Waals surface area contributed by atoms with Crippen LogP contribution >= 0.6 is 0 Å². The van der Waals surface area contributed by atoms with Gasteiger partial charge in [0, 0.05) is 11.3 Å². The Balaban J connectivity index is 1.63. The number of aromatic nitrogens is 4. The zero-order valence-electron chi connectivity index (χ0n) is 19.6. The normalized spacial score (nSPS) is 13.9. The summed E-state index contributed by atoms with van der Waals surface area (Å²) in [6.45, 7) is 4.12. The third-order valence-corrected chi connectivity index (χ3v) is 6.39. The van der Waals surface area contributed by atoms with E-state index in [2.05, 4.69) is 16.5 Å². The van der Waals surface area contributed by atoms with Crippen LogP contribution in [0, 0.1) is 0 Å². The fraction of sp³-hybridized carbons (Fsp3) is 0.231. The molecule has 0 spiro atoms. The highest BCUT2D eigenvalue weighted by molar-refractivity contribution is 6.01. The molecule has 5 rings (SSSR count). The van der Waals surface area contributed by atoms with E-state index in [1.54, 1.807) is 19.1 Å². The molecular formula is C26H26N6O3. The third kappa shape index (κ3) is 3.84. The molecule has 9 heteroatoms. The monoisotopic (exact) mass is 470 g/mol. The van der Waals surface area contributed by atoms with Crippen LogP contribution in [0.3, 0.4) is 0 Å². The number of anilines is 2. The van der Waals surface area contributed by atoms with Gasteiger partial charge in [-0.2, -0.15) is 5.10 Å². The van der Waals surface area contributed by atoms with Crippen molar-refractivity contribution in [1.29, 1.82) is 0 Å². The molecule has 1 saturated carbocycles. The van der Waals surface area contributed by atoms with E-state index < -0.39 is 5.54 Å². The first-order chi connectivity index (χ1) is 17.0. The highest BCUT2D eigenvalue weighted by Gasteiger charge is 2.49. The van der Waals surface area contributed by atoms with Gasteiger partial charge in [-0.3, -0.25) is 4.79 Å². The van der Waals surface area contributed by atoms with E-state index >= 15 is 0 Å². The van der Waals surface area contributed by atoms with Gasteiger partial charge in [0.1, 0.15) is 17.8 Å². The average molecular weight is 471 g/mol. The fourth-order valence-corrected chi connectivity index (χ4v) is 4.38. The van der Waals surface area contributed by atoms with E-state index in [0.29, 0.717) is 40.6 Å². The molecular weight excluding hydrogens is 444 g/mol. The predicted molar refractivity (Wildman–Crippen MR) is 134 cm³/mol. The number of amides is 1. The van der Waals surface area contributed by atoms with E-state index in [4.69, 9.17) is 20.3 Å². The van der Waals surface area contributed by atoms with Gasteiger partial charge in [0.05, 0.1) is 31.7 Å². The number of nitrogens with zero attached hydrogens (tertiary/aromatic N) is 5. The standard InChI is InChI=1S/C26H26N6O3/c1-4-21(33)31(18-8-6-5-7-9-18)15-26(12-13-26)32-25-22(24(27)28-16-29-25)23(30-32)17-10-11-19(34-2)20(14-17)35-3/h4-11,14,16H,1,12-13,15H2,2-3H3,(H2,27,28,29). The van der Waals surface area contributed by atoms with E-state index in [1.807, 2.05) is 53.2 Å². The fourth-order valence-electron chi connectivity index (χ4n) is 4.38. The zero-order chi connectivity index (χ0) is 24.6. The number of fused-ring (bicyclic) bond motifs is 1. The maximum atomic E-state index is 12.8. The third-order valence-electron chi connectivity index (χ3n) is 6.39. The molecule has 9 nitrogen and oxygen atoms in total. The molecule has 4 aromatic rings. The highest BCUT2D eigenvalue weighted by atomic mass is 16.5. The second-order valence-electron chi connectivity index (χ2n) is 8.48. The Morgan fingerprint density at radius 1 is 1.14 bits per heavy atom. The Morgan fingerprint density at radius 3 is 2.54 bits per heavy atom. The Morgan fingerprint density at radius 2 is 1.89 bits per heavy atom. The average Bonchev–Trinajstić information content (AvgIpc) is 3.57. The van der Waals surface area contributed by atoms with Crippen molar-refractivity contribution >= 4 is 28.4 Å². The SMILES string of the molecule is C=CC(=O)N(CC1(n2nc(-c3ccc(OC)c(OC)c3)c3c(N)ncnc32)CC1)c1ccccc1. The van der Waals surface area contributed by atoms with Crippen LogP contribution < -0.4 is 20.1 Å². The van der Waals surface area contributed by atoms with E-state index in [9.17, 15) is 4.79 Å². The quantitative estimate of drug-likeness (QED) is 0.390. The summed E-state index contributed by atoms with van der Waals surface area (Å²) < 4.78 is 12.8. The van der Waals surface area contributed by atoms with Crippen molar-refractivity contribution in [3.8, 4) is 22.8 Å². The van der Waals surface area contributed by atoms with Gasteiger partial charge in [0.2, 0.25) is 5.91 Å². The number of carbonyl (C=O) groups is 1. The summed E-state index contributed by atoms with van der Waals surface area (Å²) >= 11 is 0. The molecule has 1 fully saturated rings. The lowest BCUT2D eigenvalue weighted by atomic mass is 10.1. The summed E-state index contributed by atoms with van der Waals surface area (Å²) in [5.41, 5.74) is 8.76. The van der Waals surface area contributed by atoms with Gasteiger partial charge in [-0.25, -0.2) is 14.6 Å². The number of hydrogen-bond acceptors (Lipinski definition) is 7. The number of nitrogen functional groups attached to an aromatic ring is 1. The largest absolute Gasteiger partial charge is 0.493 e. The molecule has 1 aliphatic rings. The second-order valence-corrected chi connectivity index (χ2v) is 8.48. The molecule has 0 bridgehead atoms. The number of carbonyl (C=O) groups excluding carboxylic acids is 1. The number of nitrogens with two attached hydrogens (primary N) is 1. The summed E-state index contributed by atoms with van der Waals surface area (Å²) in [6.07, 6.45) is 4.45. The van der Waals surface area contributed by atoms with Gasteiger partial charge < -0.3 is 20.1 Å². The Kier molecular flexibility index (Phi) is 5.60. The number of methoxy groups -OCH3 is 2. The van der Waals surface area contributed by atoms with Gasteiger partial charge in [-0.05, 0) is 49.2 Å². The van der Waals surface area contributed by atoms with Gasteiger partial charge in [-0.15, -0.1) is 0 Å². The van der Waals surface area contributed by atoms with E-state index in [0.717, 1.165) is 24.1 Å². The molecule has 0 radical (unpaired) electrons. The maximum absolute atomic E-state index is 12.8. The first kappa shape index (κ1) is 22.4. The minimum absolute atomic E-state index is 0.173. The van der Waals surface area contributed by atoms with Crippen LogP contribution in [-0.4, -0.2) is 46.4 Å². The summed E-state index contributed by atoms with van der Waals surface area (Å²) in [6, 6.07) is 15.1. The molecule has 0 aliphatic heterocycles. The van der Waals surface area contributed by atoms with Crippen LogP contribution in [0.1, 0.15) is 12.8 Å². The molecule has 2 aromatic heterocycles. The number of ether oxygens (including phenoxy) is 2. The van der Waals surface area contributed by atoms with Crippen molar-refractivity contribution in [2.24, 2.45) is 0 Å². The molecule has 2 heterocycles. The van der Waals surface area contributed by atoms with Crippen LogP contribution in [0.2, 0.25) is 0 Å². The Labute approximate surface area is 202 Å². The predicted octanol–water partition coefficient (Wildman–Crippen LogP) is 3.80. The van der Waals surface area contributed by atoms with Crippen molar-refractivity contribution < 1.29 is 14.3 Å². The van der Waals surface area contributed by atoms with Gasteiger partial charge >= 0.3 is 0 Å². The molecule has 0 saturated heterocycles. The molecule has 0 unspecified atom stereocenters. The van der Waals surface area contributed by atoms with E-state index in [-0.39, 0.29) is 5.91 Å².